The lowest BCUT2D eigenvalue weighted by Crippen LogP contribution is -2.18. The molecule has 0 amide bonds. The Labute approximate surface area is 110 Å². The number of fused-ring (bicyclic) bond motifs is 1. The summed E-state index contributed by atoms with van der Waals surface area (Å²) in [6.07, 6.45) is 0.381. The minimum absolute atomic E-state index is 0.381. The summed E-state index contributed by atoms with van der Waals surface area (Å²) in [7, 11) is 0. The van der Waals surface area contributed by atoms with Crippen LogP contribution in [0.2, 0.25) is 5.02 Å². The molecule has 2 rings (SSSR count). The first-order chi connectivity index (χ1) is 8.50. The molecule has 1 unspecified atom stereocenters. The number of hydrogen-bond donors (Lipinski definition) is 1. The summed E-state index contributed by atoms with van der Waals surface area (Å²) in [4.78, 5) is 10.9. The lowest BCUT2D eigenvalue weighted by atomic mass is 9.98. The molecule has 0 radical (unpaired) electrons. The van der Waals surface area contributed by atoms with Crippen molar-refractivity contribution in [1.29, 1.82) is 0 Å². The second kappa shape index (κ2) is 5.06. The molecular formula is C13H15ClO4. The fourth-order valence-corrected chi connectivity index (χ4v) is 2.18. The molecule has 4 nitrogen and oxygen atoms in total. The molecule has 0 saturated carbocycles. The Morgan fingerprint density at radius 2 is 2.17 bits per heavy atom. The molecule has 0 fully saturated rings. The summed E-state index contributed by atoms with van der Waals surface area (Å²) in [6, 6.07) is 1.78. The fraction of sp³-hybridized carbons (Fsp3) is 0.462. The molecule has 1 aliphatic rings. The van der Waals surface area contributed by atoms with E-state index in [-0.39, 0.29) is 0 Å². The van der Waals surface area contributed by atoms with Gasteiger partial charge < -0.3 is 14.6 Å². The molecule has 1 aromatic carbocycles. The van der Waals surface area contributed by atoms with Crippen molar-refractivity contribution < 1.29 is 19.4 Å². The number of carboxylic acid groups (broad SMARTS) is 1. The summed E-state index contributed by atoms with van der Waals surface area (Å²) < 4.78 is 11.0. The molecule has 1 N–H and O–H groups in total. The van der Waals surface area contributed by atoms with Gasteiger partial charge in [-0.15, -0.1) is 0 Å². The average Bonchev–Trinajstić information content (AvgIpc) is 2.35. The number of ether oxygens (including phenoxy) is 2. The molecule has 1 aliphatic heterocycles. The largest absolute Gasteiger partial charge is 0.486 e. The summed E-state index contributed by atoms with van der Waals surface area (Å²) in [6.45, 7) is 4.52. The Hall–Kier alpha value is -1.42. The highest BCUT2D eigenvalue weighted by atomic mass is 35.5. The van der Waals surface area contributed by atoms with Crippen LogP contribution in [-0.4, -0.2) is 24.3 Å². The number of carboxylic acids is 1. The second-order valence-corrected chi connectivity index (χ2v) is 4.82. The van der Waals surface area contributed by atoms with Crippen molar-refractivity contribution in [2.45, 2.75) is 20.3 Å². The van der Waals surface area contributed by atoms with E-state index in [1.54, 1.807) is 13.0 Å². The lowest BCUT2D eigenvalue weighted by molar-refractivity contribution is -0.141. The van der Waals surface area contributed by atoms with Crippen LogP contribution in [0.15, 0.2) is 6.07 Å². The number of hydrogen-bond acceptors (Lipinski definition) is 3. The van der Waals surface area contributed by atoms with Crippen molar-refractivity contribution >= 4 is 17.6 Å². The highest BCUT2D eigenvalue weighted by Gasteiger charge is 2.21. The summed E-state index contributed by atoms with van der Waals surface area (Å²) >= 11 is 6.25. The fourth-order valence-electron chi connectivity index (χ4n) is 1.96. The van der Waals surface area contributed by atoms with Gasteiger partial charge in [-0.3, -0.25) is 4.79 Å². The van der Waals surface area contributed by atoms with Crippen LogP contribution in [0, 0.1) is 12.8 Å². The first-order valence-corrected chi connectivity index (χ1v) is 6.19. The maximum Gasteiger partial charge on any atom is 0.306 e. The van der Waals surface area contributed by atoms with Gasteiger partial charge in [-0.1, -0.05) is 18.5 Å². The van der Waals surface area contributed by atoms with Gasteiger partial charge in [0.15, 0.2) is 11.5 Å². The van der Waals surface area contributed by atoms with E-state index in [0.29, 0.717) is 36.2 Å². The number of rotatable bonds is 3. The molecule has 0 bridgehead atoms. The normalized spacial score (nSPS) is 15.3. The zero-order chi connectivity index (χ0) is 13.3. The maximum absolute atomic E-state index is 10.9. The topological polar surface area (TPSA) is 55.8 Å². The Balaban J connectivity index is 2.37. The van der Waals surface area contributed by atoms with Gasteiger partial charge in [-0.05, 0) is 25.0 Å². The summed E-state index contributed by atoms with van der Waals surface area (Å²) in [5, 5.41) is 9.51. The van der Waals surface area contributed by atoms with Crippen LogP contribution in [0.5, 0.6) is 11.5 Å². The quantitative estimate of drug-likeness (QED) is 0.917. The predicted molar refractivity (Wildman–Crippen MR) is 67.7 cm³/mol. The Morgan fingerprint density at radius 1 is 1.50 bits per heavy atom. The number of carbonyl (C=O) groups is 1. The van der Waals surface area contributed by atoms with Gasteiger partial charge in [0.1, 0.15) is 13.2 Å². The standard InChI is InChI=1S/C13H15ClO4/c1-7(13(15)16)5-9-6-10-12(8(2)11(9)14)18-4-3-17-10/h6-7H,3-5H2,1-2H3,(H,15,16). The third-order valence-corrected chi connectivity index (χ3v) is 3.54. The van der Waals surface area contributed by atoms with Gasteiger partial charge in [-0.2, -0.15) is 0 Å². The molecule has 0 aromatic heterocycles. The highest BCUT2D eigenvalue weighted by molar-refractivity contribution is 6.32. The van der Waals surface area contributed by atoms with Gasteiger partial charge in [-0.25, -0.2) is 0 Å². The maximum atomic E-state index is 10.9. The van der Waals surface area contributed by atoms with Crippen LogP contribution < -0.4 is 9.47 Å². The lowest BCUT2D eigenvalue weighted by Gasteiger charge is -2.22. The van der Waals surface area contributed by atoms with Crippen LogP contribution in [0.25, 0.3) is 0 Å². The SMILES string of the molecule is Cc1c(Cl)c(CC(C)C(=O)O)cc2c1OCCO2. The molecule has 98 valence electrons. The van der Waals surface area contributed by atoms with Gasteiger partial charge in [0.2, 0.25) is 0 Å². The van der Waals surface area contributed by atoms with Crippen molar-refractivity contribution in [3.63, 3.8) is 0 Å². The zero-order valence-electron chi connectivity index (χ0n) is 10.3. The molecule has 0 aliphatic carbocycles. The second-order valence-electron chi connectivity index (χ2n) is 4.44. The smallest absolute Gasteiger partial charge is 0.306 e. The van der Waals surface area contributed by atoms with E-state index in [4.69, 9.17) is 26.2 Å². The van der Waals surface area contributed by atoms with Gasteiger partial charge in [0, 0.05) is 5.56 Å². The molecule has 1 heterocycles. The zero-order valence-corrected chi connectivity index (χ0v) is 11.1. The van der Waals surface area contributed by atoms with Crippen molar-refractivity contribution in [1.82, 2.24) is 0 Å². The van der Waals surface area contributed by atoms with Gasteiger partial charge >= 0.3 is 5.97 Å². The summed E-state index contributed by atoms with van der Waals surface area (Å²) in [5.74, 6) is -0.00298. The molecule has 0 spiro atoms. The average molecular weight is 271 g/mol. The minimum Gasteiger partial charge on any atom is -0.486 e. The van der Waals surface area contributed by atoms with Crippen molar-refractivity contribution in [2.75, 3.05) is 13.2 Å². The van der Waals surface area contributed by atoms with Crippen LogP contribution in [-0.2, 0) is 11.2 Å². The number of benzene rings is 1. The number of aliphatic carboxylic acids is 1. The Bertz CT molecular complexity index is 484. The van der Waals surface area contributed by atoms with Crippen molar-refractivity contribution in [3.05, 3.63) is 22.2 Å². The van der Waals surface area contributed by atoms with E-state index in [2.05, 4.69) is 0 Å². The molecule has 1 atom stereocenters. The van der Waals surface area contributed by atoms with E-state index in [1.807, 2.05) is 6.92 Å². The van der Waals surface area contributed by atoms with E-state index in [0.717, 1.165) is 11.1 Å². The van der Waals surface area contributed by atoms with E-state index in [9.17, 15) is 4.79 Å². The van der Waals surface area contributed by atoms with Crippen LogP contribution in [0.1, 0.15) is 18.1 Å². The van der Waals surface area contributed by atoms with Gasteiger partial charge in [0.25, 0.3) is 0 Å². The third-order valence-electron chi connectivity index (χ3n) is 3.02. The molecular weight excluding hydrogens is 256 g/mol. The molecule has 18 heavy (non-hydrogen) atoms. The van der Waals surface area contributed by atoms with Crippen LogP contribution in [0.3, 0.4) is 0 Å². The van der Waals surface area contributed by atoms with E-state index < -0.39 is 11.9 Å². The van der Waals surface area contributed by atoms with Gasteiger partial charge in [0.05, 0.1) is 10.9 Å². The first kappa shape index (κ1) is 13.0. The van der Waals surface area contributed by atoms with E-state index in [1.165, 1.54) is 0 Å². The summed E-state index contributed by atoms with van der Waals surface area (Å²) in [5.41, 5.74) is 1.59. The van der Waals surface area contributed by atoms with Crippen molar-refractivity contribution in [3.8, 4) is 11.5 Å². The van der Waals surface area contributed by atoms with E-state index >= 15 is 0 Å². The van der Waals surface area contributed by atoms with Crippen LogP contribution >= 0.6 is 11.6 Å². The predicted octanol–water partition coefficient (Wildman–Crippen LogP) is 2.68. The Morgan fingerprint density at radius 3 is 2.83 bits per heavy atom. The Kier molecular flexibility index (Phi) is 3.66. The molecule has 1 aromatic rings. The third kappa shape index (κ3) is 2.38. The number of halogens is 1. The molecule has 5 heteroatoms. The van der Waals surface area contributed by atoms with Crippen LogP contribution in [0.4, 0.5) is 0 Å². The minimum atomic E-state index is -0.835. The monoisotopic (exact) mass is 270 g/mol. The highest BCUT2D eigenvalue weighted by Crippen LogP contribution is 2.40. The molecule has 0 saturated heterocycles. The first-order valence-electron chi connectivity index (χ1n) is 5.81. The van der Waals surface area contributed by atoms with Crippen molar-refractivity contribution in [2.24, 2.45) is 5.92 Å².